The van der Waals surface area contributed by atoms with Gasteiger partial charge in [0.05, 0.1) is 5.52 Å². The maximum absolute atomic E-state index is 4.97. The van der Waals surface area contributed by atoms with Gasteiger partial charge >= 0.3 is 0 Å². The molecule has 0 atom stereocenters. The van der Waals surface area contributed by atoms with E-state index in [1.54, 1.807) is 0 Å². The highest BCUT2D eigenvalue weighted by molar-refractivity contribution is 9.11. The van der Waals surface area contributed by atoms with Crippen molar-refractivity contribution in [1.82, 2.24) is 4.98 Å². The molecule has 0 bridgehead atoms. The predicted octanol–water partition coefficient (Wildman–Crippen LogP) is 6.24. The van der Waals surface area contributed by atoms with Crippen molar-refractivity contribution in [3.8, 4) is 0 Å². The summed E-state index contributed by atoms with van der Waals surface area (Å²) >= 11 is 7.35. The fourth-order valence-corrected chi connectivity index (χ4v) is 4.07. The number of pyridine rings is 1. The molecule has 0 amide bonds. The molecule has 1 aromatic heterocycles. The van der Waals surface area contributed by atoms with Crippen molar-refractivity contribution in [2.24, 2.45) is 0 Å². The van der Waals surface area contributed by atoms with Crippen molar-refractivity contribution < 1.29 is 0 Å². The molecule has 112 valence electrons. The average molecular weight is 412 g/mol. The lowest BCUT2D eigenvalue weighted by Crippen LogP contribution is -2.05. The van der Waals surface area contributed by atoms with E-state index in [4.69, 9.17) is 4.98 Å². The number of nitrogens with one attached hydrogen (secondary N) is 1. The summed E-state index contributed by atoms with van der Waals surface area (Å²) in [6.45, 7) is 3.18. The van der Waals surface area contributed by atoms with E-state index in [9.17, 15) is 0 Å². The molecule has 1 saturated carbocycles. The van der Waals surface area contributed by atoms with Crippen molar-refractivity contribution in [1.29, 1.82) is 0 Å². The molecule has 1 aliphatic carbocycles. The largest absolute Gasteiger partial charge is 0.384 e. The Labute approximate surface area is 143 Å². The zero-order valence-corrected chi connectivity index (χ0v) is 15.4. The van der Waals surface area contributed by atoms with Gasteiger partial charge in [0.25, 0.3) is 0 Å². The van der Waals surface area contributed by atoms with Gasteiger partial charge in [0.2, 0.25) is 0 Å². The van der Waals surface area contributed by atoms with Crippen LogP contribution in [0.15, 0.2) is 27.1 Å². The van der Waals surface area contributed by atoms with Crippen molar-refractivity contribution >= 4 is 48.5 Å². The van der Waals surface area contributed by atoms with E-state index in [2.05, 4.69) is 62.3 Å². The van der Waals surface area contributed by atoms with E-state index in [-0.39, 0.29) is 0 Å². The molecule has 3 rings (SSSR count). The van der Waals surface area contributed by atoms with Crippen LogP contribution < -0.4 is 5.32 Å². The lowest BCUT2D eigenvalue weighted by Gasteiger charge is -2.16. The smallest absolute Gasteiger partial charge is 0.0879 e. The van der Waals surface area contributed by atoms with Gasteiger partial charge in [-0.05, 0) is 53.4 Å². The minimum Gasteiger partial charge on any atom is -0.384 e. The third kappa shape index (κ3) is 3.11. The second kappa shape index (κ2) is 6.66. The average Bonchev–Trinajstić information content (AvgIpc) is 3.02. The van der Waals surface area contributed by atoms with Gasteiger partial charge in [-0.3, -0.25) is 4.98 Å². The Morgan fingerprint density at radius 2 is 1.90 bits per heavy atom. The van der Waals surface area contributed by atoms with Gasteiger partial charge in [-0.25, -0.2) is 0 Å². The molecule has 2 aromatic rings. The number of hydrogen-bond donors (Lipinski definition) is 1. The van der Waals surface area contributed by atoms with Crippen LogP contribution in [0.4, 0.5) is 5.69 Å². The zero-order chi connectivity index (χ0) is 14.8. The van der Waals surface area contributed by atoms with E-state index in [1.807, 2.05) is 0 Å². The van der Waals surface area contributed by atoms with Crippen LogP contribution in [0.2, 0.25) is 0 Å². The van der Waals surface area contributed by atoms with Crippen molar-refractivity contribution in [3.05, 3.63) is 32.8 Å². The zero-order valence-electron chi connectivity index (χ0n) is 12.3. The van der Waals surface area contributed by atoms with Gasteiger partial charge in [0.15, 0.2) is 0 Å². The van der Waals surface area contributed by atoms with E-state index >= 15 is 0 Å². The van der Waals surface area contributed by atoms with Gasteiger partial charge in [-0.2, -0.15) is 0 Å². The molecule has 1 fully saturated rings. The Morgan fingerprint density at radius 3 is 2.62 bits per heavy atom. The topological polar surface area (TPSA) is 24.9 Å². The summed E-state index contributed by atoms with van der Waals surface area (Å²) in [7, 11) is 0. The first-order chi connectivity index (χ1) is 10.2. The standard InChI is InChI=1S/C17H20Br2N2/c1-2-9-20-15-10-14(11-5-3-4-6-11)21-17-13(19)8-7-12(18)16(15)17/h7-8,10-11H,2-6,9H2,1H3,(H,20,21). The molecule has 0 radical (unpaired) electrons. The van der Waals surface area contributed by atoms with Crippen LogP contribution in [0, 0.1) is 0 Å². The summed E-state index contributed by atoms with van der Waals surface area (Å²) in [5.41, 5.74) is 3.52. The number of aromatic nitrogens is 1. The monoisotopic (exact) mass is 410 g/mol. The quantitative estimate of drug-likeness (QED) is 0.643. The van der Waals surface area contributed by atoms with E-state index in [0.29, 0.717) is 5.92 Å². The minimum absolute atomic E-state index is 0.627. The second-order valence-electron chi connectivity index (χ2n) is 5.76. The van der Waals surface area contributed by atoms with E-state index in [0.717, 1.165) is 27.4 Å². The molecule has 21 heavy (non-hydrogen) atoms. The second-order valence-corrected chi connectivity index (χ2v) is 7.46. The van der Waals surface area contributed by atoms with Gasteiger partial charge < -0.3 is 5.32 Å². The minimum atomic E-state index is 0.627. The summed E-state index contributed by atoms with van der Waals surface area (Å²) in [4.78, 5) is 4.97. The summed E-state index contributed by atoms with van der Waals surface area (Å²) < 4.78 is 2.17. The molecule has 1 N–H and O–H groups in total. The van der Waals surface area contributed by atoms with Crippen LogP contribution in [0.3, 0.4) is 0 Å². The molecule has 1 aromatic carbocycles. The molecular formula is C17H20Br2N2. The fraction of sp³-hybridized carbons (Fsp3) is 0.471. The highest BCUT2D eigenvalue weighted by atomic mass is 79.9. The first kappa shape index (κ1) is 15.3. The van der Waals surface area contributed by atoms with Crippen molar-refractivity contribution in [3.63, 3.8) is 0 Å². The lowest BCUT2D eigenvalue weighted by molar-refractivity contribution is 0.701. The van der Waals surface area contributed by atoms with Gasteiger partial charge in [-0.1, -0.05) is 35.7 Å². The molecule has 0 aliphatic heterocycles. The number of anilines is 1. The van der Waals surface area contributed by atoms with Crippen LogP contribution in [0.25, 0.3) is 10.9 Å². The molecule has 1 aliphatic rings. The van der Waals surface area contributed by atoms with E-state index < -0.39 is 0 Å². The van der Waals surface area contributed by atoms with Crippen LogP contribution in [0.5, 0.6) is 0 Å². The number of fused-ring (bicyclic) bond motifs is 1. The van der Waals surface area contributed by atoms with Crippen LogP contribution >= 0.6 is 31.9 Å². The summed E-state index contributed by atoms with van der Waals surface area (Å²) in [6, 6.07) is 6.42. The van der Waals surface area contributed by atoms with Gasteiger partial charge in [0, 0.05) is 38.2 Å². The molecule has 0 unspecified atom stereocenters. The third-order valence-electron chi connectivity index (χ3n) is 4.22. The highest BCUT2D eigenvalue weighted by Crippen LogP contribution is 2.39. The van der Waals surface area contributed by atoms with E-state index in [1.165, 1.54) is 42.5 Å². The van der Waals surface area contributed by atoms with Crippen LogP contribution in [-0.2, 0) is 0 Å². The Balaban J connectivity index is 2.16. The molecular weight excluding hydrogens is 392 g/mol. The number of benzene rings is 1. The Hall–Kier alpha value is -0.610. The molecule has 0 saturated heterocycles. The molecule has 0 spiro atoms. The molecule has 4 heteroatoms. The molecule has 1 heterocycles. The first-order valence-electron chi connectivity index (χ1n) is 7.73. The van der Waals surface area contributed by atoms with Crippen LogP contribution in [0.1, 0.15) is 50.6 Å². The third-order valence-corrected chi connectivity index (χ3v) is 5.52. The summed E-state index contributed by atoms with van der Waals surface area (Å²) in [5.74, 6) is 0.627. The lowest BCUT2D eigenvalue weighted by atomic mass is 10.0. The Bertz CT molecular complexity index is 649. The fourth-order valence-electron chi connectivity index (χ4n) is 3.12. The number of rotatable bonds is 4. The van der Waals surface area contributed by atoms with Crippen molar-refractivity contribution in [2.45, 2.75) is 44.9 Å². The maximum atomic E-state index is 4.97. The number of nitrogens with zero attached hydrogens (tertiary/aromatic N) is 1. The van der Waals surface area contributed by atoms with Crippen LogP contribution in [-0.4, -0.2) is 11.5 Å². The predicted molar refractivity (Wildman–Crippen MR) is 97.1 cm³/mol. The Morgan fingerprint density at radius 1 is 1.19 bits per heavy atom. The highest BCUT2D eigenvalue weighted by Gasteiger charge is 2.21. The number of hydrogen-bond acceptors (Lipinski definition) is 2. The SMILES string of the molecule is CCCNc1cc(C2CCCC2)nc2c(Br)ccc(Br)c12. The summed E-state index contributed by atoms with van der Waals surface area (Å²) in [5, 5.41) is 4.76. The first-order valence-corrected chi connectivity index (χ1v) is 9.32. The van der Waals surface area contributed by atoms with Gasteiger partial charge in [-0.15, -0.1) is 0 Å². The Kier molecular flexibility index (Phi) is 4.85. The molecule has 2 nitrogen and oxygen atoms in total. The summed E-state index contributed by atoms with van der Waals surface area (Å²) in [6.07, 6.45) is 6.34. The number of halogens is 2. The normalized spacial score (nSPS) is 15.8. The maximum Gasteiger partial charge on any atom is 0.0879 e. The van der Waals surface area contributed by atoms with Gasteiger partial charge in [0.1, 0.15) is 0 Å². The van der Waals surface area contributed by atoms with Crippen molar-refractivity contribution in [2.75, 3.05) is 11.9 Å².